The average Bonchev–Trinajstić information content (AvgIpc) is 2.78. The number of carboxylic acid groups (broad SMARTS) is 1. The van der Waals surface area contributed by atoms with Crippen molar-refractivity contribution in [2.75, 3.05) is 58.9 Å². The Bertz CT molecular complexity index is 454. The molecule has 1 atom stereocenters. The summed E-state index contributed by atoms with van der Waals surface area (Å²) in [6.07, 6.45) is 13.6. The molecule has 1 unspecified atom stereocenters. The Morgan fingerprint density at radius 2 is 1.03 bits per heavy atom. The maximum Gasteiger partial charge on any atom is 0.321 e. The number of nitrogens with two attached hydrogens (primary N) is 1. The van der Waals surface area contributed by atoms with E-state index in [9.17, 15) is 9.59 Å². The second-order valence-corrected chi connectivity index (χ2v) is 8.70. The molecule has 8 N–H and O–H groups in total. The Hall–Kier alpha value is -1.26. The van der Waals surface area contributed by atoms with Crippen molar-refractivity contribution >= 4 is 11.9 Å². The lowest BCUT2D eigenvalue weighted by Crippen LogP contribution is -2.43. The van der Waals surface area contributed by atoms with Crippen molar-refractivity contribution in [1.29, 1.82) is 0 Å². The number of hydrogen-bond donors (Lipinski definition) is 7. The highest BCUT2D eigenvalue weighted by Crippen LogP contribution is 2.10. The topological polar surface area (TPSA) is 141 Å². The van der Waals surface area contributed by atoms with Gasteiger partial charge in [0.05, 0.1) is 6.42 Å². The van der Waals surface area contributed by atoms with Crippen LogP contribution in [0.5, 0.6) is 0 Å². The number of hydrogen-bond acceptors (Lipinski definition) is 7. The molecule has 33 heavy (non-hydrogen) atoms. The van der Waals surface area contributed by atoms with E-state index >= 15 is 0 Å². The summed E-state index contributed by atoms with van der Waals surface area (Å²) < 4.78 is 0. The van der Waals surface area contributed by atoms with E-state index in [-0.39, 0.29) is 6.42 Å². The van der Waals surface area contributed by atoms with Crippen LogP contribution < -0.4 is 32.3 Å². The zero-order valence-electron chi connectivity index (χ0n) is 21.1. The van der Waals surface area contributed by atoms with Gasteiger partial charge in [-0.2, -0.15) is 0 Å². The third-order valence-corrected chi connectivity index (χ3v) is 5.54. The summed E-state index contributed by atoms with van der Waals surface area (Å²) in [5, 5.41) is 25.3. The van der Waals surface area contributed by atoms with Crippen LogP contribution in [0.2, 0.25) is 0 Å². The molecule has 0 aliphatic rings. The molecular weight excluding hydrogens is 420 g/mol. The highest BCUT2D eigenvalue weighted by Gasteiger charge is 2.18. The molecule has 196 valence electrons. The van der Waals surface area contributed by atoms with Gasteiger partial charge in [-0.3, -0.25) is 9.59 Å². The smallest absolute Gasteiger partial charge is 0.321 e. The number of unbranched alkanes of at least 4 members (excludes halogenated alkanes) is 9. The van der Waals surface area contributed by atoms with Crippen molar-refractivity contribution in [3.63, 3.8) is 0 Å². The number of carbonyl (C=O) groups excluding carboxylic acids is 1. The van der Waals surface area contributed by atoms with E-state index in [0.29, 0.717) is 13.1 Å². The Kier molecular flexibility index (Phi) is 24.4. The SMILES string of the molecule is CCCCCCCCCCCCNCCNCCNCCNCCNC(CC(N)=O)C(=O)O. The van der Waals surface area contributed by atoms with Crippen LogP contribution in [0.1, 0.15) is 77.6 Å². The molecule has 9 heteroatoms. The second kappa shape index (κ2) is 25.4. The highest BCUT2D eigenvalue weighted by atomic mass is 16.4. The van der Waals surface area contributed by atoms with Crippen molar-refractivity contribution in [3.8, 4) is 0 Å². The van der Waals surface area contributed by atoms with Crippen molar-refractivity contribution in [1.82, 2.24) is 26.6 Å². The molecule has 0 aliphatic heterocycles. The van der Waals surface area contributed by atoms with Crippen LogP contribution in [0, 0.1) is 0 Å². The molecule has 0 fully saturated rings. The molecule has 0 aliphatic carbocycles. The minimum atomic E-state index is -1.06. The Morgan fingerprint density at radius 1 is 0.636 bits per heavy atom. The van der Waals surface area contributed by atoms with Gasteiger partial charge in [0.1, 0.15) is 6.04 Å². The minimum absolute atomic E-state index is 0.196. The summed E-state index contributed by atoms with van der Waals surface area (Å²) in [6.45, 7) is 9.99. The van der Waals surface area contributed by atoms with Crippen LogP contribution >= 0.6 is 0 Å². The Balaban J connectivity index is 3.18. The lowest BCUT2D eigenvalue weighted by Gasteiger charge is -2.13. The molecule has 0 heterocycles. The van der Waals surface area contributed by atoms with E-state index in [2.05, 4.69) is 33.5 Å². The summed E-state index contributed by atoms with van der Waals surface area (Å²) >= 11 is 0. The Morgan fingerprint density at radius 3 is 1.45 bits per heavy atom. The Labute approximate surface area is 201 Å². The van der Waals surface area contributed by atoms with Gasteiger partial charge in [-0.15, -0.1) is 0 Å². The zero-order chi connectivity index (χ0) is 24.4. The van der Waals surface area contributed by atoms with Crippen molar-refractivity contribution in [2.45, 2.75) is 83.6 Å². The number of nitrogens with one attached hydrogen (secondary N) is 5. The lowest BCUT2D eigenvalue weighted by molar-refractivity contribution is -0.141. The summed E-state index contributed by atoms with van der Waals surface area (Å²) in [7, 11) is 0. The van der Waals surface area contributed by atoms with Crippen LogP contribution in [0.15, 0.2) is 0 Å². The molecule has 1 amide bonds. The van der Waals surface area contributed by atoms with E-state index in [1.165, 1.54) is 64.2 Å². The summed E-state index contributed by atoms with van der Waals surface area (Å²) in [6, 6.07) is -0.919. The first-order chi connectivity index (χ1) is 16.1. The fourth-order valence-corrected chi connectivity index (χ4v) is 3.55. The first kappa shape index (κ1) is 31.7. The van der Waals surface area contributed by atoms with E-state index < -0.39 is 17.9 Å². The predicted molar refractivity (Wildman–Crippen MR) is 137 cm³/mol. The molecular formula is C24H52N6O3. The quantitative estimate of drug-likeness (QED) is 0.0884. The van der Waals surface area contributed by atoms with E-state index in [4.69, 9.17) is 10.8 Å². The van der Waals surface area contributed by atoms with Crippen LogP contribution in [0.25, 0.3) is 0 Å². The standard InChI is InChI=1S/C24H52N6O3/c1-2-3-4-5-6-7-8-9-10-11-12-26-13-14-27-15-16-28-17-18-29-19-20-30-22(24(32)33)21-23(25)31/h22,26-30H,2-21H2,1H3,(H2,25,31)(H,32,33). The largest absolute Gasteiger partial charge is 0.480 e. The van der Waals surface area contributed by atoms with Crippen molar-refractivity contribution < 1.29 is 14.7 Å². The molecule has 0 bridgehead atoms. The average molecular weight is 473 g/mol. The normalized spacial score (nSPS) is 12.2. The van der Waals surface area contributed by atoms with E-state index in [0.717, 1.165) is 45.8 Å². The van der Waals surface area contributed by atoms with Gasteiger partial charge in [0.25, 0.3) is 0 Å². The molecule has 0 radical (unpaired) electrons. The lowest BCUT2D eigenvalue weighted by atomic mass is 10.1. The maximum absolute atomic E-state index is 11.0. The van der Waals surface area contributed by atoms with Crippen LogP contribution in [0.4, 0.5) is 0 Å². The molecule has 0 aromatic heterocycles. The first-order valence-electron chi connectivity index (χ1n) is 13.1. The molecule has 0 saturated heterocycles. The van der Waals surface area contributed by atoms with Crippen LogP contribution in [-0.2, 0) is 9.59 Å². The van der Waals surface area contributed by atoms with Gasteiger partial charge < -0.3 is 37.4 Å². The first-order valence-corrected chi connectivity index (χ1v) is 13.1. The van der Waals surface area contributed by atoms with Crippen LogP contribution in [0.3, 0.4) is 0 Å². The van der Waals surface area contributed by atoms with Gasteiger partial charge in [0, 0.05) is 52.4 Å². The highest BCUT2D eigenvalue weighted by molar-refractivity contribution is 5.83. The monoisotopic (exact) mass is 472 g/mol. The van der Waals surface area contributed by atoms with Crippen molar-refractivity contribution in [2.24, 2.45) is 5.73 Å². The number of rotatable bonds is 27. The molecule has 0 rings (SSSR count). The number of carbonyl (C=O) groups is 2. The fourth-order valence-electron chi connectivity index (χ4n) is 3.55. The number of primary amides is 1. The van der Waals surface area contributed by atoms with Gasteiger partial charge >= 0.3 is 5.97 Å². The molecule has 9 nitrogen and oxygen atoms in total. The summed E-state index contributed by atoms with van der Waals surface area (Å²) in [5.74, 6) is -1.68. The number of amides is 1. The second-order valence-electron chi connectivity index (χ2n) is 8.70. The third kappa shape index (κ3) is 25.2. The summed E-state index contributed by atoms with van der Waals surface area (Å²) in [5.41, 5.74) is 5.04. The summed E-state index contributed by atoms with van der Waals surface area (Å²) in [4.78, 5) is 21.8. The molecule has 0 aromatic rings. The van der Waals surface area contributed by atoms with E-state index in [1.807, 2.05) is 0 Å². The van der Waals surface area contributed by atoms with Gasteiger partial charge in [-0.25, -0.2) is 0 Å². The van der Waals surface area contributed by atoms with Gasteiger partial charge in [-0.1, -0.05) is 64.7 Å². The fraction of sp³-hybridized carbons (Fsp3) is 0.917. The third-order valence-electron chi connectivity index (χ3n) is 5.54. The van der Waals surface area contributed by atoms with E-state index in [1.54, 1.807) is 0 Å². The number of carboxylic acids is 1. The van der Waals surface area contributed by atoms with Gasteiger partial charge in [0.15, 0.2) is 0 Å². The zero-order valence-corrected chi connectivity index (χ0v) is 21.1. The predicted octanol–water partition coefficient (Wildman–Crippen LogP) is 1.18. The molecule has 0 saturated carbocycles. The molecule has 0 aromatic carbocycles. The molecule has 0 spiro atoms. The van der Waals surface area contributed by atoms with Gasteiger partial charge in [-0.05, 0) is 13.0 Å². The van der Waals surface area contributed by atoms with Gasteiger partial charge in [0.2, 0.25) is 5.91 Å². The van der Waals surface area contributed by atoms with Crippen molar-refractivity contribution in [3.05, 3.63) is 0 Å². The number of aliphatic carboxylic acids is 1. The maximum atomic E-state index is 11.0. The van der Waals surface area contributed by atoms with Crippen LogP contribution in [-0.4, -0.2) is 81.9 Å². The minimum Gasteiger partial charge on any atom is -0.480 e.